The first-order chi connectivity index (χ1) is 20.6. The second-order valence-corrected chi connectivity index (χ2v) is 10.7. The largest absolute Gasteiger partial charge is 0.478 e. The monoisotopic (exact) mass is 577 g/mol. The van der Waals surface area contributed by atoms with Gasteiger partial charge < -0.3 is 14.4 Å². The van der Waals surface area contributed by atoms with Crippen LogP contribution in [0.25, 0.3) is 22.3 Å². The lowest BCUT2D eigenvalue weighted by atomic mass is 9.95. The van der Waals surface area contributed by atoms with Gasteiger partial charge in [-0.3, -0.25) is 0 Å². The maximum absolute atomic E-state index is 15.4. The van der Waals surface area contributed by atoms with Gasteiger partial charge in [-0.15, -0.1) is 0 Å². The summed E-state index contributed by atoms with van der Waals surface area (Å²) in [5.74, 6) is -1.41. The normalized spacial score (nSPS) is 11.2. The minimum atomic E-state index is -1.07. The highest BCUT2D eigenvalue weighted by atomic mass is 19.1. The lowest BCUT2D eigenvalue weighted by molar-refractivity contribution is 0.0697. The number of aromatic carboxylic acids is 1. The summed E-state index contributed by atoms with van der Waals surface area (Å²) in [5, 5.41) is 28.0. The molecule has 0 saturated heterocycles. The number of carboxylic acid groups (broad SMARTS) is 1. The van der Waals surface area contributed by atoms with Crippen molar-refractivity contribution in [1.82, 2.24) is 14.5 Å². The number of carbonyl (C=O) groups is 1. The van der Waals surface area contributed by atoms with Gasteiger partial charge in [0.25, 0.3) is 0 Å². The van der Waals surface area contributed by atoms with Gasteiger partial charge >= 0.3 is 5.97 Å². The molecule has 0 bridgehead atoms. The second kappa shape index (κ2) is 11.7. The van der Waals surface area contributed by atoms with Gasteiger partial charge in [0.05, 0.1) is 45.4 Å². The predicted molar refractivity (Wildman–Crippen MR) is 154 cm³/mol. The Morgan fingerprint density at radius 1 is 1.00 bits per heavy atom. The Kier molecular flexibility index (Phi) is 7.87. The van der Waals surface area contributed by atoms with Crippen LogP contribution >= 0.6 is 0 Å². The van der Waals surface area contributed by atoms with Crippen molar-refractivity contribution in [2.24, 2.45) is 5.41 Å². The summed E-state index contributed by atoms with van der Waals surface area (Å²) < 4.78 is 37.1. The van der Waals surface area contributed by atoms with E-state index in [2.05, 4.69) is 16.0 Å². The highest BCUT2D eigenvalue weighted by molar-refractivity contribution is 5.92. The van der Waals surface area contributed by atoms with Crippen LogP contribution in [0.5, 0.6) is 5.88 Å². The lowest BCUT2D eigenvalue weighted by Crippen LogP contribution is -2.19. The number of ether oxygens (including phenoxy) is 1. The number of pyridine rings is 1. The average Bonchev–Trinajstić information content (AvgIpc) is 3.31. The number of imidazole rings is 1. The Bertz CT molecular complexity index is 1950. The maximum Gasteiger partial charge on any atom is 0.335 e. The molecule has 0 spiro atoms. The maximum atomic E-state index is 15.4. The first kappa shape index (κ1) is 28.9. The molecule has 0 amide bonds. The summed E-state index contributed by atoms with van der Waals surface area (Å²) in [7, 11) is 0. The molecule has 3 aromatic carbocycles. The van der Waals surface area contributed by atoms with Crippen molar-refractivity contribution >= 4 is 17.0 Å². The number of hydrogen-bond donors (Lipinski definition) is 1. The molecule has 1 N–H and O–H groups in total. The SMILES string of the molecule is CC(C)(C#N)Cn1c(Cc2ccc(-c3cccc(OCc4ccc(C#N)cc4F)n3)c(F)c2)nc2ccc(C(=O)O)cc21. The molecule has 0 radical (unpaired) electrons. The number of nitriles is 2. The van der Waals surface area contributed by atoms with Crippen molar-refractivity contribution in [3.63, 3.8) is 0 Å². The molecule has 0 atom stereocenters. The van der Waals surface area contributed by atoms with Gasteiger partial charge in [-0.25, -0.2) is 23.5 Å². The first-order valence-corrected chi connectivity index (χ1v) is 13.3. The van der Waals surface area contributed by atoms with Gasteiger partial charge in [0.2, 0.25) is 5.88 Å². The van der Waals surface area contributed by atoms with Crippen molar-refractivity contribution in [2.75, 3.05) is 0 Å². The number of rotatable bonds is 9. The van der Waals surface area contributed by atoms with Gasteiger partial charge in [0, 0.05) is 30.2 Å². The van der Waals surface area contributed by atoms with Crippen LogP contribution in [-0.2, 0) is 19.6 Å². The van der Waals surface area contributed by atoms with Crippen LogP contribution in [0.4, 0.5) is 8.78 Å². The molecule has 0 aliphatic carbocycles. The Hall–Kier alpha value is -5.61. The fourth-order valence-corrected chi connectivity index (χ4v) is 4.64. The zero-order valence-electron chi connectivity index (χ0n) is 23.3. The molecule has 5 rings (SSSR count). The minimum Gasteiger partial charge on any atom is -0.478 e. The molecule has 0 saturated carbocycles. The van der Waals surface area contributed by atoms with E-state index < -0.39 is 23.0 Å². The third-order valence-electron chi connectivity index (χ3n) is 6.88. The van der Waals surface area contributed by atoms with E-state index in [0.717, 1.165) is 6.07 Å². The van der Waals surface area contributed by atoms with Crippen LogP contribution in [-0.4, -0.2) is 25.6 Å². The number of aromatic nitrogens is 3. The fourth-order valence-electron chi connectivity index (χ4n) is 4.64. The third kappa shape index (κ3) is 6.34. The van der Waals surface area contributed by atoms with Crippen LogP contribution < -0.4 is 4.74 Å². The zero-order chi connectivity index (χ0) is 30.7. The van der Waals surface area contributed by atoms with Gasteiger partial charge in [0.15, 0.2) is 0 Å². The standard InChI is InChI=1S/C33H25F2N5O3/c1-33(2,18-37)19-40-29-15-22(32(41)42)9-11-28(29)38-30(40)14-20-7-10-24(26(35)12-20)27-4-3-5-31(39-27)43-17-23-8-6-21(16-36)13-25(23)34/h3-13,15H,14,17,19H2,1-2H3,(H,41,42). The van der Waals surface area contributed by atoms with E-state index in [1.54, 1.807) is 50.2 Å². The number of fused-ring (bicyclic) bond motifs is 1. The van der Waals surface area contributed by atoms with Gasteiger partial charge in [-0.2, -0.15) is 10.5 Å². The number of hydrogen-bond acceptors (Lipinski definition) is 6. The van der Waals surface area contributed by atoms with E-state index in [4.69, 9.17) is 10.00 Å². The number of carboxylic acids is 1. The third-order valence-corrected chi connectivity index (χ3v) is 6.88. The molecule has 0 aliphatic rings. The first-order valence-electron chi connectivity index (χ1n) is 13.3. The summed E-state index contributed by atoms with van der Waals surface area (Å²) in [6.45, 7) is 3.71. The van der Waals surface area contributed by atoms with Crippen molar-refractivity contribution in [3.05, 3.63) is 113 Å². The molecule has 2 aromatic heterocycles. The second-order valence-electron chi connectivity index (χ2n) is 10.7. The van der Waals surface area contributed by atoms with Gasteiger partial charge in [-0.05, 0) is 67.9 Å². The van der Waals surface area contributed by atoms with E-state index in [9.17, 15) is 19.6 Å². The zero-order valence-corrected chi connectivity index (χ0v) is 23.3. The molecule has 0 fully saturated rings. The lowest BCUT2D eigenvalue weighted by Gasteiger charge is -2.19. The summed E-state index contributed by atoms with van der Waals surface area (Å²) >= 11 is 0. The van der Waals surface area contributed by atoms with Crippen molar-refractivity contribution in [1.29, 1.82) is 10.5 Å². The Labute approximate surface area is 246 Å². The van der Waals surface area contributed by atoms with E-state index in [1.165, 1.54) is 30.3 Å². The van der Waals surface area contributed by atoms with Gasteiger partial charge in [0.1, 0.15) is 24.1 Å². The molecular formula is C33H25F2N5O3. The summed E-state index contributed by atoms with van der Waals surface area (Å²) in [4.78, 5) is 20.6. The number of halogens is 2. The van der Waals surface area contributed by atoms with E-state index in [0.29, 0.717) is 28.1 Å². The molecule has 5 aromatic rings. The van der Waals surface area contributed by atoms with Crippen LogP contribution in [0.2, 0.25) is 0 Å². The Morgan fingerprint density at radius 2 is 1.81 bits per heavy atom. The van der Waals surface area contributed by atoms with Crippen LogP contribution in [0.3, 0.4) is 0 Å². The molecule has 43 heavy (non-hydrogen) atoms. The van der Waals surface area contributed by atoms with E-state index in [1.807, 2.05) is 10.6 Å². The topological polar surface area (TPSA) is 125 Å². The number of nitrogens with zero attached hydrogens (tertiary/aromatic N) is 5. The molecule has 0 aliphatic heterocycles. The van der Waals surface area contributed by atoms with Crippen molar-refractivity contribution in [3.8, 4) is 29.3 Å². The molecule has 214 valence electrons. The van der Waals surface area contributed by atoms with E-state index >= 15 is 4.39 Å². The average molecular weight is 578 g/mol. The van der Waals surface area contributed by atoms with Crippen LogP contribution in [0, 0.1) is 39.7 Å². The van der Waals surface area contributed by atoms with Crippen molar-refractivity contribution in [2.45, 2.75) is 33.4 Å². The van der Waals surface area contributed by atoms with Crippen LogP contribution in [0.1, 0.15) is 46.7 Å². The molecule has 10 heteroatoms. The Morgan fingerprint density at radius 3 is 2.51 bits per heavy atom. The fraction of sp³-hybridized carbons (Fsp3) is 0.182. The molecule has 2 heterocycles. The van der Waals surface area contributed by atoms with Crippen molar-refractivity contribution < 1.29 is 23.4 Å². The quantitative estimate of drug-likeness (QED) is 0.208. The molecular weight excluding hydrogens is 552 g/mol. The minimum absolute atomic E-state index is 0.103. The van der Waals surface area contributed by atoms with E-state index in [-0.39, 0.29) is 47.7 Å². The molecule has 8 nitrogen and oxygen atoms in total. The predicted octanol–water partition coefficient (Wildman–Crippen LogP) is 6.67. The summed E-state index contributed by atoms with van der Waals surface area (Å²) in [6, 6.07) is 22.5. The number of benzene rings is 3. The highest BCUT2D eigenvalue weighted by Gasteiger charge is 2.23. The van der Waals surface area contributed by atoms with Gasteiger partial charge in [-0.1, -0.05) is 18.2 Å². The Balaban J connectivity index is 1.40. The summed E-state index contributed by atoms with van der Waals surface area (Å²) in [5.41, 5.74) is 2.14. The summed E-state index contributed by atoms with van der Waals surface area (Å²) in [6.07, 6.45) is 0.239. The smallest absolute Gasteiger partial charge is 0.335 e. The van der Waals surface area contributed by atoms with Crippen LogP contribution in [0.15, 0.2) is 72.8 Å². The highest BCUT2D eigenvalue weighted by Crippen LogP contribution is 2.28. The molecule has 0 unspecified atom stereocenters.